The summed E-state index contributed by atoms with van der Waals surface area (Å²) in [6.45, 7) is 3.61. The van der Waals surface area contributed by atoms with Crippen molar-refractivity contribution in [3.63, 3.8) is 0 Å². The lowest BCUT2D eigenvalue weighted by atomic mass is 9.48. The summed E-state index contributed by atoms with van der Waals surface area (Å²) in [5, 5.41) is 0. The van der Waals surface area contributed by atoms with Gasteiger partial charge in [-0.2, -0.15) is 0 Å². The van der Waals surface area contributed by atoms with Gasteiger partial charge in [-0.25, -0.2) is 0 Å². The average Bonchev–Trinajstić information content (AvgIpc) is 2.89. The Morgan fingerprint density at radius 3 is 2.76 bits per heavy atom. The van der Waals surface area contributed by atoms with Crippen molar-refractivity contribution >= 4 is 18.0 Å². The molecule has 4 rings (SSSR count). The molecule has 4 nitrogen and oxygen atoms in total. The number of hydrogen-bond acceptors (Lipinski definition) is 4. The Morgan fingerprint density at radius 2 is 2.04 bits per heavy atom. The Hall–Kier alpha value is -1.45. The fourth-order valence-corrected chi connectivity index (χ4v) is 6.66. The predicted molar refractivity (Wildman–Crippen MR) is 92.7 cm³/mol. The summed E-state index contributed by atoms with van der Waals surface area (Å²) in [7, 11) is 0. The number of allylic oxidation sites excluding steroid dienone is 1. The Balaban J connectivity index is 1.64. The Bertz CT molecular complexity index is 650. The average molecular weight is 344 g/mol. The molecular weight excluding hydrogens is 316 g/mol. The molecule has 4 aliphatic rings. The summed E-state index contributed by atoms with van der Waals surface area (Å²) in [4.78, 5) is 36.1. The highest BCUT2D eigenvalue weighted by Crippen LogP contribution is 2.63. The molecule has 25 heavy (non-hydrogen) atoms. The summed E-state index contributed by atoms with van der Waals surface area (Å²) in [6.07, 6.45) is 10.2. The van der Waals surface area contributed by atoms with E-state index in [0.29, 0.717) is 36.4 Å². The van der Waals surface area contributed by atoms with Crippen molar-refractivity contribution in [1.29, 1.82) is 0 Å². The summed E-state index contributed by atoms with van der Waals surface area (Å²) >= 11 is 0. The molecule has 0 heterocycles. The quantitative estimate of drug-likeness (QED) is 0.436. The van der Waals surface area contributed by atoms with Crippen LogP contribution in [0.2, 0.25) is 0 Å². The number of aldehydes is 1. The van der Waals surface area contributed by atoms with Crippen LogP contribution in [-0.2, 0) is 19.1 Å². The van der Waals surface area contributed by atoms with Gasteiger partial charge in [-0.1, -0.05) is 18.6 Å². The molecule has 0 aromatic carbocycles. The second kappa shape index (κ2) is 5.78. The van der Waals surface area contributed by atoms with Crippen LogP contribution in [0, 0.1) is 28.6 Å². The number of carbonyl (C=O) groups excluding carboxylic acids is 3. The van der Waals surface area contributed by atoms with Crippen LogP contribution < -0.4 is 0 Å². The number of rotatable bonds is 2. The van der Waals surface area contributed by atoms with Crippen molar-refractivity contribution in [2.24, 2.45) is 28.6 Å². The topological polar surface area (TPSA) is 60.4 Å². The SMILES string of the molecule is CC(=O)OC1CC[C@@]2(C=O)C(=CC[C@@H]3[C@H]2CC[C@]2(C)C(=O)CC[C@@H]32)C1. The molecule has 3 fully saturated rings. The third kappa shape index (κ3) is 2.36. The predicted octanol–water partition coefficient (Wildman–Crippen LogP) is 3.63. The van der Waals surface area contributed by atoms with Crippen molar-refractivity contribution in [2.75, 3.05) is 0 Å². The molecule has 0 amide bonds. The number of hydrogen-bond donors (Lipinski definition) is 0. The molecule has 1 unspecified atom stereocenters. The number of ether oxygens (including phenoxy) is 1. The highest BCUT2D eigenvalue weighted by atomic mass is 16.5. The van der Waals surface area contributed by atoms with Gasteiger partial charge in [0, 0.05) is 25.2 Å². The standard InChI is InChI=1S/C21H28O4/c1-13(23)25-15-7-10-21(12-22)14(11-15)3-4-16-17-5-6-19(24)20(17,2)9-8-18(16)21/h3,12,15-18H,4-11H2,1-2H3/t15?,16-,17-,18+,20-,21+/m0/s1. The minimum atomic E-state index is -0.382. The van der Waals surface area contributed by atoms with Gasteiger partial charge in [0.1, 0.15) is 18.2 Å². The molecular formula is C21H28O4. The molecule has 0 aliphatic heterocycles. The summed E-state index contributed by atoms with van der Waals surface area (Å²) < 4.78 is 5.42. The van der Waals surface area contributed by atoms with E-state index in [2.05, 4.69) is 13.0 Å². The summed E-state index contributed by atoms with van der Waals surface area (Å²) in [6, 6.07) is 0. The third-order valence-corrected chi connectivity index (χ3v) is 7.91. The monoisotopic (exact) mass is 344 g/mol. The second-order valence-corrected chi connectivity index (χ2v) is 8.89. The maximum absolute atomic E-state index is 12.4. The van der Waals surface area contributed by atoms with Crippen LogP contribution in [0.4, 0.5) is 0 Å². The number of carbonyl (C=O) groups is 3. The van der Waals surface area contributed by atoms with Crippen LogP contribution >= 0.6 is 0 Å². The molecule has 0 spiro atoms. The maximum atomic E-state index is 12.4. The number of fused-ring (bicyclic) bond motifs is 5. The van der Waals surface area contributed by atoms with Crippen molar-refractivity contribution in [2.45, 2.75) is 71.3 Å². The number of ketones is 1. The smallest absolute Gasteiger partial charge is 0.302 e. The van der Waals surface area contributed by atoms with Crippen LogP contribution in [-0.4, -0.2) is 24.1 Å². The van der Waals surface area contributed by atoms with Crippen LogP contribution in [0.1, 0.15) is 65.2 Å². The van der Waals surface area contributed by atoms with Gasteiger partial charge in [-0.05, 0) is 56.3 Å². The summed E-state index contributed by atoms with van der Waals surface area (Å²) in [5.74, 6) is 1.43. The van der Waals surface area contributed by atoms with Crippen LogP contribution in [0.3, 0.4) is 0 Å². The Kier molecular flexibility index (Phi) is 3.93. The fourth-order valence-electron chi connectivity index (χ4n) is 6.66. The first-order valence-corrected chi connectivity index (χ1v) is 9.77. The van der Waals surface area contributed by atoms with Crippen LogP contribution in [0.15, 0.2) is 11.6 Å². The molecule has 0 radical (unpaired) electrons. The molecule has 0 aromatic heterocycles. The molecule has 136 valence electrons. The molecule has 3 saturated carbocycles. The van der Waals surface area contributed by atoms with Gasteiger partial charge >= 0.3 is 5.97 Å². The van der Waals surface area contributed by atoms with Crippen LogP contribution in [0.25, 0.3) is 0 Å². The summed E-state index contributed by atoms with van der Waals surface area (Å²) in [5.41, 5.74) is 0.645. The first-order chi connectivity index (χ1) is 11.9. The Morgan fingerprint density at radius 1 is 1.24 bits per heavy atom. The third-order valence-electron chi connectivity index (χ3n) is 7.91. The fraction of sp³-hybridized carbons (Fsp3) is 0.762. The zero-order chi connectivity index (χ0) is 17.8. The first-order valence-electron chi connectivity index (χ1n) is 9.77. The molecule has 0 N–H and O–H groups in total. The van der Waals surface area contributed by atoms with Gasteiger partial charge in [0.2, 0.25) is 0 Å². The molecule has 0 saturated heterocycles. The van der Waals surface area contributed by atoms with Gasteiger partial charge in [-0.15, -0.1) is 0 Å². The van der Waals surface area contributed by atoms with E-state index in [1.165, 1.54) is 18.8 Å². The lowest BCUT2D eigenvalue weighted by molar-refractivity contribution is -0.149. The van der Waals surface area contributed by atoms with Gasteiger partial charge in [0.05, 0.1) is 5.41 Å². The van der Waals surface area contributed by atoms with E-state index < -0.39 is 0 Å². The normalized spacial score (nSPS) is 45.7. The van der Waals surface area contributed by atoms with E-state index >= 15 is 0 Å². The minimum Gasteiger partial charge on any atom is -0.462 e. The molecule has 4 heteroatoms. The van der Waals surface area contributed by atoms with E-state index in [-0.39, 0.29) is 22.9 Å². The highest BCUT2D eigenvalue weighted by Gasteiger charge is 2.60. The van der Waals surface area contributed by atoms with Gasteiger partial charge in [0.15, 0.2) is 0 Å². The van der Waals surface area contributed by atoms with Gasteiger partial charge in [0.25, 0.3) is 0 Å². The first kappa shape index (κ1) is 17.0. The number of esters is 1. The molecule has 6 atom stereocenters. The van der Waals surface area contributed by atoms with E-state index in [1.807, 2.05) is 0 Å². The lowest BCUT2D eigenvalue weighted by Gasteiger charge is -2.55. The lowest BCUT2D eigenvalue weighted by Crippen LogP contribution is -2.52. The zero-order valence-electron chi connectivity index (χ0n) is 15.3. The minimum absolute atomic E-state index is 0.0877. The maximum Gasteiger partial charge on any atom is 0.302 e. The van der Waals surface area contributed by atoms with Crippen molar-refractivity contribution in [1.82, 2.24) is 0 Å². The van der Waals surface area contributed by atoms with Crippen molar-refractivity contribution in [3.8, 4) is 0 Å². The molecule has 4 aliphatic carbocycles. The van der Waals surface area contributed by atoms with E-state index in [4.69, 9.17) is 4.74 Å². The highest BCUT2D eigenvalue weighted by molar-refractivity contribution is 5.87. The van der Waals surface area contributed by atoms with Crippen molar-refractivity contribution < 1.29 is 19.1 Å². The Labute approximate surface area is 149 Å². The van der Waals surface area contributed by atoms with Gasteiger partial charge < -0.3 is 9.53 Å². The van der Waals surface area contributed by atoms with E-state index in [1.54, 1.807) is 0 Å². The second-order valence-electron chi connectivity index (χ2n) is 8.89. The van der Waals surface area contributed by atoms with Crippen molar-refractivity contribution in [3.05, 3.63) is 11.6 Å². The largest absolute Gasteiger partial charge is 0.462 e. The zero-order valence-corrected chi connectivity index (χ0v) is 15.3. The van der Waals surface area contributed by atoms with E-state index in [9.17, 15) is 14.4 Å². The van der Waals surface area contributed by atoms with E-state index in [0.717, 1.165) is 38.5 Å². The molecule has 0 aromatic rings. The molecule has 0 bridgehead atoms. The number of Topliss-reactive ketones (excluding diaryl/α,β-unsaturated/α-hetero) is 1. The van der Waals surface area contributed by atoms with Crippen LogP contribution in [0.5, 0.6) is 0 Å². The van der Waals surface area contributed by atoms with Gasteiger partial charge in [-0.3, -0.25) is 9.59 Å².